The third-order valence-electron chi connectivity index (χ3n) is 8.91. The zero-order chi connectivity index (χ0) is 35.6. The smallest absolute Gasteiger partial charge is 0.246 e. The molecule has 4 aromatic carbocycles. The highest BCUT2D eigenvalue weighted by atomic mass is 35.5. The number of carbonyl (C=O) groups excluding carboxylic acids is 1. The van der Waals surface area contributed by atoms with Gasteiger partial charge < -0.3 is 19.1 Å². The Hall–Kier alpha value is -4.82. The maximum absolute atomic E-state index is 13.0. The number of hydrogen-bond acceptors (Lipinski definition) is 6. The third-order valence-corrected chi connectivity index (χ3v) is 9.19. The second-order valence-corrected chi connectivity index (χ2v) is 13.4. The monoisotopic (exact) mass is 737 g/mol. The Morgan fingerprint density at radius 2 is 1.40 bits per heavy atom. The average molecular weight is 739 g/mol. The molecule has 1 aliphatic rings. The Morgan fingerprint density at radius 1 is 0.769 bits per heavy atom. The Morgan fingerprint density at radius 3 is 2.06 bits per heavy atom. The Balaban J connectivity index is 0.00000523. The molecule has 2 heterocycles. The third kappa shape index (κ3) is 11.1. The van der Waals surface area contributed by atoms with E-state index in [9.17, 15) is 4.79 Å². The maximum atomic E-state index is 13.0. The molecule has 52 heavy (non-hydrogen) atoms. The molecular formula is C43H45Cl2N3O4. The minimum absolute atomic E-state index is 0. The molecular weight excluding hydrogens is 693 g/mol. The van der Waals surface area contributed by atoms with Gasteiger partial charge >= 0.3 is 0 Å². The van der Waals surface area contributed by atoms with Crippen LogP contribution in [0, 0.1) is 20.8 Å². The van der Waals surface area contributed by atoms with Crippen LogP contribution in [0.3, 0.4) is 0 Å². The van der Waals surface area contributed by atoms with E-state index in [1.165, 1.54) is 22.3 Å². The number of hydrogen-bond donors (Lipinski definition) is 0. The van der Waals surface area contributed by atoms with Gasteiger partial charge in [0, 0.05) is 51.3 Å². The highest BCUT2D eigenvalue weighted by Crippen LogP contribution is 2.34. The number of aryl methyl sites for hydroxylation is 3. The molecule has 0 saturated carbocycles. The number of piperazine rings is 1. The summed E-state index contributed by atoms with van der Waals surface area (Å²) in [5.74, 6) is 2.49. The summed E-state index contributed by atoms with van der Waals surface area (Å²) in [5, 5.41) is 0.445. The number of ether oxygens (including phenoxy) is 3. The molecule has 1 saturated heterocycles. The summed E-state index contributed by atoms with van der Waals surface area (Å²) in [6, 6.07) is 32.5. The van der Waals surface area contributed by atoms with Crippen molar-refractivity contribution in [1.29, 1.82) is 0 Å². The van der Waals surface area contributed by atoms with Crippen LogP contribution < -0.4 is 14.2 Å². The number of halogens is 2. The molecule has 0 bridgehead atoms. The van der Waals surface area contributed by atoms with Crippen LogP contribution in [0.4, 0.5) is 0 Å². The lowest BCUT2D eigenvalue weighted by atomic mass is 10.1. The largest absolute Gasteiger partial charge is 0.493 e. The minimum atomic E-state index is -0.00477. The molecule has 1 amide bonds. The Bertz CT molecular complexity index is 1900. The fourth-order valence-electron chi connectivity index (χ4n) is 5.84. The number of pyridine rings is 1. The van der Waals surface area contributed by atoms with E-state index in [1.54, 1.807) is 24.4 Å². The van der Waals surface area contributed by atoms with E-state index in [4.69, 9.17) is 25.8 Å². The number of rotatable bonds is 13. The van der Waals surface area contributed by atoms with Gasteiger partial charge in [0.25, 0.3) is 0 Å². The van der Waals surface area contributed by atoms with Gasteiger partial charge in [-0.25, -0.2) is 4.98 Å². The van der Waals surface area contributed by atoms with Crippen LogP contribution in [0.25, 0.3) is 6.08 Å². The summed E-state index contributed by atoms with van der Waals surface area (Å²) in [7, 11) is 0. The summed E-state index contributed by atoms with van der Waals surface area (Å²) >= 11 is 6.63. The number of amides is 1. The zero-order valence-electron chi connectivity index (χ0n) is 29.9. The first-order valence-electron chi connectivity index (χ1n) is 17.4. The normalized spacial score (nSPS) is 13.1. The standard InChI is InChI=1S/C43H44ClN3O4.ClH/c1-31-4-8-36(9-5-31)30-50-39-17-18-41(45-28-39)51-43-33(3)26-37(27-40(43)44)14-19-42(48)47-23-21-46(22-24-47)29-35-12-10-34(11-13-35)20-25-49-38-15-6-32(2)7-16-38;/h4-19,26-28H,20-25,29-30H2,1-3H3;1H. The fraction of sp³-hybridized carbons (Fsp3) is 0.256. The van der Waals surface area contributed by atoms with Crippen molar-refractivity contribution in [2.45, 2.75) is 40.3 Å². The van der Waals surface area contributed by atoms with E-state index in [1.807, 2.05) is 42.2 Å². The molecule has 6 rings (SSSR count). The lowest BCUT2D eigenvalue weighted by molar-refractivity contribution is -0.127. The molecule has 0 atom stereocenters. The van der Waals surface area contributed by atoms with Gasteiger partial charge in [0.1, 0.15) is 18.1 Å². The SMILES string of the molecule is Cc1ccc(COc2ccc(Oc3c(C)cc(C=CC(=O)N4CCN(Cc5ccc(CCOc6ccc(C)cc6)cc5)CC4)cc3Cl)nc2)cc1.Cl. The van der Waals surface area contributed by atoms with Gasteiger partial charge in [0.05, 0.1) is 17.8 Å². The molecule has 1 fully saturated rings. The van der Waals surface area contributed by atoms with Gasteiger partial charge in [-0.3, -0.25) is 9.69 Å². The number of nitrogens with zero attached hydrogens (tertiary/aromatic N) is 3. The van der Waals surface area contributed by atoms with Crippen LogP contribution in [-0.4, -0.2) is 53.5 Å². The van der Waals surface area contributed by atoms with E-state index in [0.29, 0.717) is 48.7 Å². The average Bonchev–Trinajstić information content (AvgIpc) is 3.14. The summed E-state index contributed by atoms with van der Waals surface area (Å²) in [5.41, 5.74) is 7.73. The molecule has 0 spiro atoms. The highest BCUT2D eigenvalue weighted by molar-refractivity contribution is 6.32. The Labute approximate surface area is 318 Å². The van der Waals surface area contributed by atoms with Gasteiger partial charge in [0.2, 0.25) is 11.8 Å². The van der Waals surface area contributed by atoms with Gasteiger partial charge in [-0.1, -0.05) is 83.4 Å². The minimum Gasteiger partial charge on any atom is -0.493 e. The molecule has 7 nitrogen and oxygen atoms in total. The van der Waals surface area contributed by atoms with Gasteiger partial charge in [-0.15, -0.1) is 12.4 Å². The maximum Gasteiger partial charge on any atom is 0.246 e. The summed E-state index contributed by atoms with van der Waals surface area (Å²) in [6.07, 6.45) is 5.94. The molecule has 0 N–H and O–H groups in total. The van der Waals surface area contributed by atoms with Crippen molar-refractivity contribution < 1.29 is 19.0 Å². The van der Waals surface area contributed by atoms with Crippen LogP contribution in [0.2, 0.25) is 5.02 Å². The van der Waals surface area contributed by atoms with Gasteiger partial charge in [-0.2, -0.15) is 0 Å². The van der Waals surface area contributed by atoms with Gasteiger partial charge in [0.15, 0.2) is 5.75 Å². The lowest BCUT2D eigenvalue weighted by Gasteiger charge is -2.34. The van der Waals surface area contributed by atoms with Crippen LogP contribution in [0.1, 0.15) is 38.9 Å². The van der Waals surface area contributed by atoms with Crippen LogP contribution in [-0.2, 0) is 24.4 Å². The van der Waals surface area contributed by atoms with Crippen molar-refractivity contribution in [3.63, 3.8) is 0 Å². The molecule has 5 aromatic rings. The topological polar surface area (TPSA) is 64.1 Å². The van der Waals surface area contributed by atoms with Crippen molar-refractivity contribution in [2.24, 2.45) is 0 Å². The molecule has 0 unspecified atom stereocenters. The van der Waals surface area contributed by atoms with Crippen molar-refractivity contribution in [2.75, 3.05) is 32.8 Å². The highest BCUT2D eigenvalue weighted by Gasteiger charge is 2.20. The van der Waals surface area contributed by atoms with Crippen LogP contribution in [0.15, 0.2) is 109 Å². The van der Waals surface area contributed by atoms with E-state index >= 15 is 0 Å². The van der Waals surface area contributed by atoms with Crippen molar-refractivity contribution in [3.8, 4) is 23.1 Å². The second-order valence-electron chi connectivity index (χ2n) is 13.0. The molecule has 0 aliphatic carbocycles. The first-order chi connectivity index (χ1) is 24.8. The van der Waals surface area contributed by atoms with Gasteiger partial charge in [-0.05, 0) is 85.0 Å². The predicted octanol–water partition coefficient (Wildman–Crippen LogP) is 9.43. The first-order valence-corrected chi connectivity index (χ1v) is 17.7. The number of benzene rings is 4. The molecule has 1 aliphatic heterocycles. The van der Waals surface area contributed by atoms with Crippen molar-refractivity contribution in [3.05, 3.63) is 153 Å². The predicted molar refractivity (Wildman–Crippen MR) is 211 cm³/mol. The zero-order valence-corrected chi connectivity index (χ0v) is 31.5. The molecule has 270 valence electrons. The van der Waals surface area contributed by atoms with E-state index in [2.05, 4.69) is 84.4 Å². The van der Waals surface area contributed by atoms with Crippen LogP contribution >= 0.6 is 24.0 Å². The quantitative estimate of drug-likeness (QED) is 0.112. The summed E-state index contributed by atoms with van der Waals surface area (Å²) < 4.78 is 17.8. The van der Waals surface area contributed by atoms with Crippen molar-refractivity contribution in [1.82, 2.24) is 14.8 Å². The van der Waals surface area contributed by atoms with Crippen LogP contribution in [0.5, 0.6) is 23.1 Å². The summed E-state index contributed by atoms with van der Waals surface area (Å²) in [4.78, 5) is 21.7. The van der Waals surface area contributed by atoms with Crippen molar-refractivity contribution >= 4 is 36.0 Å². The second kappa shape index (κ2) is 18.6. The van der Waals surface area contributed by atoms with E-state index in [-0.39, 0.29) is 18.3 Å². The summed E-state index contributed by atoms with van der Waals surface area (Å²) in [6.45, 7) is 11.1. The number of carbonyl (C=O) groups is 1. The fourth-order valence-corrected chi connectivity index (χ4v) is 6.15. The first kappa shape index (κ1) is 38.4. The van der Waals surface area contributed by atoms with E-state index < -0.39 is 0 Å². The molecule has 1 aromatic heterocycles. The Kier molecular flexibility index (Phi) is 13.7. The van der Waals surface area contributed by atoms with E-state index in [0.717, 1.165) is 48.5 Å². The molecule has 0 radical (unpaired) electrons. The lowest BCUT2D eigenvalue weighted by Crippen LogP contribution is -2.47. The number of aromatic nitrogens is 1. The molecule has 9 heteroatoms.